The van der Waals surface area contributed by atoms with Gasteiger partial charge >= 0.3 is 5.97 Å². The maximum atomic E-state index is 11.0. The molecule has 3 rings (SSSR count). The van der Waals surface area contributed by atoms with E-state index in [0.717, 1.165) is 44.3 Å². The molecule has 0 spiro atoms. The Morgan fingerprint density at radius 2 is 2.25 bits per heavy atom. The largest absolute Gasteiger partial charge is 0.477 e. The van der Waals surface area contributed by atoms with E-state index in [-0.39, 0.29) is 11.8 Å². The number of carboxylic acid groups (broad SMARTS) is 1. The lowest BCUT2D eigenvalue weighted by atomic mass is 10.1. The van der Waals surface area contributed by atoms with E-state index in [1.165, 1.54) is 18.9 Å². The number of aromatic carboxylic acids is 1. The van der Waals surface area contributed by atoms with Gasteiger partial charge in [0, 0.05) is 19.7 Å². The Labute approximate surface area is 118 Å². The molecule has 1 saturated carbocycles. The van der Waals surface area contributed by atoms with Gasteiger partial charge in [-0.3, -0.25) is 0 Å². The fraction of sp³-hybridized carbons (Fsp3) is 0.600. The first-order valence-electron chi connectivity index (χ1n) is 7.29. The molecule has 1 aromatic heterocycles. The average molecular weight is 276 g/mol. The van der Waals surface area contributed by atoms with E-state index in [1.54, 1.807) is 6.07 Å². The van der Waals surface area contributed by atoms with Crippen molar-refractivity contribution in [2.75, 3.05) is 24.6 Å². The van der Waals surface area contributed by atoms with E-state index < -0.39 is 5.97 Å². The van der Waals surface area contributed by atoms with E-state index >= 15 is 0 Å². The van der Waals surface area contributed by atoms with E-state index in [9.17, 15) is 4.79 Å². The molecule has 1 aliphatic heterocycles. The van der Waals surface area contributed by atoms with Crippen molar-refractivity contribution in [3.63, 3.8) is 0 Å². The van der Waals surface area contributed by atoms with Gasteiger partial charge in [-0.15, -0.1) is 0 Å². The van der Waals surface area contributed by atoms with Crippen LogP contribution < -0.4 is 4.90 Å². The number of anilines is 1. The van der Waals surface area contributed by atoms with Gasteiger partial charge in [0.1, 0.15) is 5.82 Å². The third kappa shape index (κ3) is 3.28. The monoisotopic (exact) mass is 276 g/mol. The molecular weight excluding hydrogens is 256 g/mol. The Bertz CT molecular complexity index is 488. The molecule has 1 unspecified atom stereocenters. The summed E-state index contributed by atoms with van der Waals surface area (Å²) in [6.45, 7) is 2.60. The first-order chi connectivity index (χ1) is 9.72. The molecule has 1 saturated heterocycles. The number of hydrogen-bond acceptors (Lipinski definition) is 4. The van der Waals surface area contributed by atoms with Crippen molar-refractivity contribution >= 4 is 11.8 Å². The molecule has 1 aromatic rings. The Morgan fingerprint density at radius 1 is 1.40 bits per heavy atom. The molecule has 2 heterocycles. The lowest BCUT2D eigenvalue weighted by Crippen LogP contribution is -2.40. The van der Waals surface area contributed by atoms with Crippen molar-refractivity contribution in [2.24, 2.45) is 5.92 Å². The number of aromatic nitrogens is 1. The van der Waals surface area contributed by atoms with Crippen LogP contribution in [0.4, 0.5) is 5.82 Å². The van der Waals surface area contributed by atoms with Gasteiger partial charge in [-0.05, 0) is 43.7 Å². The minimum Gasteiger partial charge on any atom is -0.477 e. The second-order valence-corrected chi connectivity index (χ2v) is 5.67. The first kappa shape index (κ1) is 13.4. The predicted molar refractivity (Wildman–Crippen MR) is 75.1 cm³/mol. The molecule has 2 fully saturated rings. The molecule has 0 radical (unpaired) electrons. The summed E-state index contributed by atoms with van der Waals surface area (Å²) < 4.78 is 5.95. The van der Waals surface area contributed by atoms with Crippen LogP contribution in [0.15, 0.2) is 18.2 Å². The normalized spacial score (nSPS) is 22.8. The van der Waals surface area contributed by atoms with Crippen LogP contribution in [0.1, 0.15) is 36.2 Å². The lowest BCUT2D eigenvalue weighted by Gasteiger charge is -2.33. The third-order valence-electron chi connectivity index (χ3n) is 3.92. The van der Waals surface area contributed by atoms with Gasteiger partial charge in [-0.2, -0.15) is 0 Å². The van der Waals surface area contributed by atoms with Crippen molar-refractivity contribution in [1.82, 2.24) is 4.98 Å². The molecule has 0 amide bonds. The molecule has 108 valence electrons. The van der Waals surface area contributed by atoms with E-state index in [0.29, 0.717) is 0 Å². The molecular formula is C15H20N2O3. The molecule has 5 nitrogen and oxygen atoms in total. The van der Waals surface area contributed by atoms with Gasteiger partial charge in [0.2, 0.25) is 0 Å². The van der Waals surface area contributed by atoms with Crippen molar-refractivity contribution < 1.29 is 14.6 Å². The Hall–Kier alpha value is -1.62. The molecule has 0 bridgehead atoms. The Balaban J connectivity index is 1.63. The number of ether oxygens (including phenoxy) is 1. The number of rotatable bonds is 5. The number of pyridine rings is 1. The zero-order valence-electron chi connectivity index (χ0n) is 11.5. The van der Waals surface area contributed by atoms with E-state index in [1.807, 2.05) is 6.07 Å². The third-order valence-corrected chi connectivity index (χ3v) is 3.92. The van der Waals surface area contributed by atoms with Crippen LogP contribution >= 0.6 is 0 Å². The summed E-state index contributed by atoms with van der Waals surface area (Å²) in [5.41, 5.74) is 0.100. The van der Waals surface area contributed by atoms with Gasteiger partial charge < -0.3 is 14.7 Å². The Morgan fingerprint density at radius 3 is 3.00 bits per heavy atom. The minimum absolute atomic E-state index is 0.100. The standard InChI is InChI=1S/C15H20N2O3/c18-15(19)13-4-1-5-14(16-13)17-8-2-3-12(9-17)20-10-11-6-7-11/h1,4-5,11-12H,2-3,6-10H2,(H,18,19). The van der Waals surface area contributed by atoms with Crippen molar-refractivity contribution in [3.8, 4) is 0 Å². The van der Waals surface area contributed by atoms with Gasteiger partial charge in [0.15, 0.2) is 5.69 Å². The van der Waals surface area contributed by atoms with Crippen molar-refractivity contribution in [2.45, 2.75) is 31.8 Å². The average Bonchev–Trinajstić information content (AvgIpc) is 3.30. The highest BCUT2D eigenvalue weighted by molar-refractivity contribution is 5.85. The maximum absolute atomic E-state index is 11.0. The smallest absolute Gasteiger partial charge is 0.354 e. The second-order valence-electron chi connectivity index (χ2n) is 5.67. The zero-order chi connectivity index (χ0) is 13.9. The fourth-order valence-electron chi connectivity index (χ4n) is 2.56. The van der Waals surface area contributed by atoms with Crippen LogP contribution in [-0.2, 0) is 4.74 Å². The molecule has 0 aromatic carbocycles. The SMILES string of the molecule is O=C(O)c1cccc(N2CCCC(OCC3CC3)C2)n1. The molecule has 5 heteroatoms. The lowest BCUT2D eigenvalue weighted by molar-refractivity contribution is 0.0367. The number of nitrogens with zero attached hydrogens (tertiary/aromatic N) is 2. The number of carboxylic acids is 1. The van der Waals surface area contributed by atoms with Crippen molar-refractivity contribution in [3.05, 3.63) is 23.9 Å². The van der Waals surface area contributed by atoms with Gasteiger partial charge in [-0.25, -0.2) is 9.78 Å². The summed E-state index contributed by atoms with van der Waals surface area (Å²) in [6.07, 6.45) is 5.01. The zero-order valence-corrected chi connectivity index (χ0v) is 11.5. The van der Waals surface area contributed by atoms with Crippen LogP contribution in [-0.4, -0.2) is 41.9 Å². The van der Waals surface area contributed by atoms with E-state index in [4.69, 9.17) is 9.84 Å². The summed E-state index contributed by atoms with van der Waals surface area (Å²) in [5.74, 6) is 0.536. The highest BCUT2D eigenvalue weighted by atomic mass is 16.5. The summed E-state index contributed by atoms with van der Waals surface area (Å²) in [5, 5.41) is 9.01. The predicted octanol–water partition coefficient (Wildman–Crippen LogP) is 2.18. The highest BCUT2D eigenvalue weighted by Gasteiger charge is 2.26. The van der Waals surface area contributed by atoms with E-state index in [2.05, 4.69) is 9.88 Å². The Kier molecular flexibility index (Phi) is 3.87. The molecule has 1 aliphatic carbocycles. The van der Waals surface area contributed by atoms with Crippen molar-refractivity contribution in [1.29, 1.82) is 0 Å². The summed E-state index contributed by atoms with van der Waals surface area (Å²) in [4.78, 5) is 17.3. The molecule has 2 aliphatic rings. The van der Waals surface area contributed by atoms with Crippen LogP contribution in [0.3, 0.4) is 0 Å². The van der Waals surface area contributed by atoms with Gasteiger partial charge in [0.25, 0.3) is 0 Å². The van der Waals surface area contributed by atoms with Crippen LogP contribution in [0.25, 0.3) is 0 Å². The van der Waals surface area contributed by atoms with Crippen LogP contribution in [0.2, 0.25) is 0 Å². The van der Waals surface area contributed by atoms with Gasteiger partial charge in [0.05, 0.1) is 6.10 Å². The van der Waals surface area contributed by atoms with Gasteiger partial charge in [-0.1, -0.05) is 6.07 Å². The molecule has 1 atom stereocenters. The fourth-order valence-corrected chi connectivity index (χ4v) is 2.56. The van der Waals surface area contributed by atoms with Crippen LogP contribution in [0, 0.1) is 5.92 Å². The first-order valence-corrected chi connectivity index (χ1v) is 7.29. The summed E-state index contributed by atoms with van der Waals surface area (Å²) >= 11 is 0. The van der Waals surface area contributed by atoms with Crippen LogP contribution in [0.5, 0.6) is 0 Å². The maximum Gasteiger partial charge on any atom is 0.354 e. The highest BCUT2D eigenvalue weighted by Crippen LogP contribution is 2.30. The molecule has 20 heavy (non-hydrogen) atoms. The molecule has 1 N–H and O–H groups in total. The minimum atomic E-state index is -0.981. The number of carbonyl (C=O) groups is 1. The summed E-state index contributed by atoms with van der Waals surface area (Å²) in [7, 11) is 0. The topological polar surface area (TPSA) is 62.7 Å². The summed E-state index contributed by atoms with van der Waals surface area (Å²) in [6, 6.07) is 5.15. The number of piperidine rings is 1. The second kappa shape index (κ2) is 5.79. The number of hydrogen-bond donors (Lipinski definition) is 1. The quantitative estimate of drug-likeness (QED) is 0.893.